The fraction of sp³-hybridized carbons (Fsp3) is 0.300. The number of pyridine rings is 1. The van der Waals surface area contributed by atoms with E-state index in [1.54, 1.807) is 0 Å². The van der Waals surface area contributed by atoms with Crippen LogP contribution in [0, 0.1) is 12.8 Å². The molecule has 1 fully saturated rings. The zero-order valence-electron chi connectivity index (χ0n) is 20.8. The molecule has 2 aromatic heterocycles. The highest BCUT2D eigenvalue weighted by Crippen LogP contribution is 2.38. The van der Waals surface area contributed by atoms with Crippen molar-refractivity contribution in [2.45, 2.75) is 45.4 Å². The molecule has 1 aliphatic rings. The largest absolute Gasteiger partial charge is 0.456 e. The molecular formula is C30H30NO+. The predicted octanol–water partition coefficient (Wildman–Crippen LogP) is 7.66. The average Bonchev–Trinajstić information content (AvgIpc) is 3.22. The molecule has 0 aliphatic heterocycles. The fourth-order valence-electron chi connectivity index (χ4n) is 5.38. The number of hydrogen-bond donors (Lipinski definition) is 0. The zero-order chi connectivity index (χ0) is 23.4. The van der Waals surface area contributed by atoms with Crippen molar-refractivity contribution in [1.82, 2.24) is 0 Å². The lowest BCUT2D eigenvalue weighted by Crippen LogP contribution is -2.31. The highest BCUT2D eigenvalue weighted by Gasteiger charge is 2.20. The quantitative estimate of drug-likeness (QED) is 0.273. The Kier molecular flexibility index (Phi) is 4.24. The molecule has 0 N–H and O–H groups in total. The number of furan rings is 1. The summed E-state index contributed by atoms with van der Waals surface area (Å²) in [6.07, 6.45) is 6.14. The van der Waals surface area contributed by atoms with E-state index in [0.717, 1.165) is 70.0 Å². The van der Waals surface area contributed by atoms with Crippen molar-refractivity contribution >= 4 is 32.7 Å². The van der Waals surface area contributed by atoms with Gasteiger partial charge in [-0.2, -0.15) is 0 Å². The molecule has 0 spiro atoms. The van der Waals surface area contributed by atoms with Gasteiger partial charge in [-0.15, -0.1) is 0 Å². The normalized spacial score (nSPS) is 16.6. The third-order valence-corrected chi connectivity index (χ3v) is 7.11. The minimum absolute atomic E-state index is 0.0922. The number of rotatable bonds is 3. The van der Waals surface area contributed by atoms with Gasteiger partial charge in [-0.3, -0.25) is 0 Å². The number of aromatic nitrogens is 1. The third kappa shape index (κ3) is 3.30. The van der Waals surface area contributed by atoms with E-state index in [4.69, 9.17) is 7.16 Å². The summed E-state index contributed by atoms with van der Waals surface area (Å²) in [6.45, 7) is 2.11. The van der Waals surface area contributed by atoms with Gasteiger partial charge in [0.15, 0.2) is 6.20 Å². The monoisotopic (exact) mass is 422 g/mol. The molecule has 0 bridgehead atoms. The molecule has 0 atom stereocenters. The Morgan fingerprint density at radius 3 is 2.66 bits per heavy atom. The van der Waals surface area contributed by atoms with Crippen LogP contribution in [0.5, 0.6) is 0 Å². The minimum atomic E-state index is -1.32. The van der Waals surface area contributed by atoms with Crippen LogP contribution in [0.15, 0.2) is 71.3 Å². The van der Waals surface area contributed by atoms with Gasteiger partial charge >= 0.3 is 0 Å². The number of benzene rings is 3. The van der Waals surface area contributed by atoms with E-state index in [2.05, 4.69) is 66.1 Å². The van der Waals surface area contributed by atoms with Gasteiger partial charge in [-0.05, 0) is 59.3 Å². The molecule has 5 aromatic rings. The smallest absolute Gasteiger partial charge is 0.212 e. The van der Waals surface area contributed by atoms with Gasteiger partial charge in [0.2, 0.25) is 5.69 Å². The zero-order valence-corrected chi connectivity index (χ0v) is 18.8. The molecule has 0 amide bonds. The molecule has 2 nitrogen and oxygen atoms in total. The highest BCUT2D eigenvalue weighted by atomic mass is 16.3. The number of nitrogens with zero attached hydrogens (tertiary/aromatic N) is 1. The molecule has 0 saturated heterocycles. The SMILES string of the molecule is [2H]C([2H])(c1cc[n+](C)c(-c2cc3c(cc2C)oc2ccc4ccccc4c23)c1)C1CCCCC1. The van der Waals surface area contributed by atoms with Crippen molar-refractivity contribution in [2.75, 3.05) is 0 Å². The summed E-state index contributed by atoms with van der Waals surface area (Å²) < 4.78 is 26.3. The van der Waals surface area contributed by atoms with Gasteiger partial charge in [0.1, 0.15) is 18.2 Å². The molecule has 1 aliphatic carbocycles. The molecule has 2 heterocycles. The van der Waals surface area contributed by atoms with E-state index in [0.29, 0.717) is 0 Å². The Hall–Kier alpha value is -3.13. The molecule has 32 heavy (non-hydrogen) atoms. The average molecular weight is 423 g/mol. The molecule has 0 radical (unpaired) electrons. The maximum atomic E-state index is 8.99. The molecule has 3 aromatic carbocycles. The summed E-state index contributed by atoms with van der Waals surface area (Å²) >= 11 is 0. The maximum absolute atomic E-state index is 8.99. The number of aryl methyl sites for hydroxylation is 2. The lowest BCUT2D eigenvalue weighted by atomic mass is 9.85. The van der Waals surface area contributed by atoms with E-state index in [-0.39, 0.29) is 5.92 Å². The summed E-state index contributed by atoms with van der Waals surface area (Å²) in [5, 5.41) is 4.65. The Morgan fingerprint density at radius 2 is 1.78 bits per heavy atom. The van der Waals surface area contributed by atoms with Crippen LogP contribution in [0.4, 0.5) is 0 Å². The van der Waals surface area contributed by atoms with Crippen LogP contribution >= 0.6 is 0 Å². The van der Waals surface area contributed by atoms with E-state index in [9.17, 15) is 0 Å². The first-order valence-electron chi connectivity index (χ1n) is 12.8. The van der Waals surface area contributed by atoms with Gasteiger partial charge in [-0.1, -0.05) is 62.4 Å². The molecule has 6 rings (SSSR count). The van der Waals surface area contributed by atoms with Gasteiger partial charge in [0.25, 0.3) is 0 Å². The summed E-state index contributed by atoms with van der Waals surface area (Å²) in [5.74, 6) is 0.0922. The van der Waals surface area contributed by atoms with Gasteiger partial charge < -0.3 is 4.42 Å². The topological polar surface area (TPSA) is 17.0 Å². The summed E-state index contributed by atoms with van der Waals surface area (Å²) in [7, 11) is 2.04. The van der Waals surface area contributed by atoms with Crippen molar-refractivity contribution in [3.05, 3.63) is 78.0 Å². The second-order valence-corrected chi connectivity index (χ2v) is 9.32. The lowest BCUT2D eigenvalue weighted by Gasteiger charge is -2.21. The van der Waals surface area contributed by atoms with Crippen LogP contribution in [-0.2, 0) is 13.4 Å². The van der Waals surface area contributed by atoms with Gasteiger partial charge in [-0.25, -0.2) is 4.57 Å². The van der Waals surface area contributed by atoms with Gasteiger partial charge in [0.05, 0.1) is 0 Å². The molecule has 160 valence electrons. The molecule has 1 saturated carbocycles. The van der Waals surface area contributed by atoms with Crippen molar-refractivity contribution < 1.29 is 11.7 Å². The molecular weight excluding hydrogens is 390 g/mol. The Labute approximate surface area is 192 Å². The standard InChI is InChI=1S/C30H30NO/c1-20-16-29-26(30-24-11-7-6-10-23(24)12-13-28(30)32-29)19-25(20)27-18-22(14-15-31(27)2)17-21-8-4-3-5-9-21/h6-7,10-16,18-19,21H,3-5,8-9,17H2,1-2H3/q+1/i17D2. The van der Waals surface area contributed by atoms with Crippen LogP contribution < -0.4 is 4.57 Å². The van der Waals surface area contributed by atoms with E-state index in [1.807, 2.05) is 19.3 Å². The van der Waals surface area contributed by atoms with Crippen molar-refractivity contribution in [3.8, 4) is 11.3 Å². The third-order valence-electron chi connectivity index (χ3n) is 7.11. The van der Waals surface area contributed by atoms with Crippen LogP contribution in [0.2, 0.25) is 0 Å². The Bertz CT molecular complexity index is 1540. The fourth-order valence-corrected chi connectivity index (χ4v) is 5.38. The van der Waals surface area contributed by atoms with Crippen molar-refractivity contribution in [1.29, 1.82) is 0 Å². The summed E-state index contributed by atoms with van der Waals surface area (Å²) in [4.78, 5) is 0. The van der Waals surface area contributed by atoms with Crippen LogP contribution in [-0.4, -0.2) is 0 Å². The molecule has 2 heteroatoms. The van der Waals surface area contributed by atoms with E-state index >= 15 is 0 Å². The van der Waals surface area contributed by atoms with Crippen molar-refractivity contribution in [2.24, 2.45) is 13.0 Å². The predicted molar refractivity (Wildman–Crippen MR) is 133 cm³/mol. The second-order valence-electron chi connectivity index (χ2n) is 9.32. The summed E-state index contributed by atoms with van der Waals surface area (Å²) in [5.41, 5.74) is 5.86. The highest BCUT2D eigenvalue weighted by molar-refractivity contribution is 6.19. The lowest BCUT2D eigenvalue weighted by molar-refractivity contribution is -0.660. The first-order valence-corrected chi connectivity index (χ1v) is 11.8. The van der Waals surface area contributed by atoms with Crippen molar-refractivity contribution in [3.63, 3.8) is 0 Å². The first kappa shape index (κ1) is 17.4. The second kappa shape index (κ2) is 7.78. The minimum Gasteiger partial charge on any atom is -0.456 e. The van der Waals surface area contributed by atoms with Crippen LogP contribution in [0.25, 0.3) is 44.0 Å². The number of hydrogen-bond acceptors (Lipinski definition) is 1. The van der Waals surface area contributed by atoms with E-state index in [1.165, 1.54) is 17.2 Å². The summed E-state index contributed by atoms with van der Waals surface area (Å²) in [6, 6.07) is 21.0. The van der Waals surface area contributed by atoms with Crippen LogP contribution in [0.1, 0.15) is 46.0 Å². The maximum Gasteiger partial charge on any atom is 0.212 e. The Balaban J connectivity index is 1.55. The van der Waals surface area contributed by atoms with Gasteiger partial charge in [0, 0.05) is 31.2 Å². The van der Waals surface area contributed by atoms with Crippen LogP contribution in [0.3, 0.4) is 0 Å². The van der Waals surface area contributed by atoms with E-state index < -0.39 is 6.37 Å². The Morgan fingerprint density at radius 1 is 0.938 bits per heavy atom. The molecule has 0 unspecified atom stereocenters. The number of fused-ring (bicyclic) bond motifs is 5. The first-order chi connectivity index (χ1) is 16.4.